The predicted molar refractivity (Wildman–Crippen MR) is 132 cm³/mol. The number of benzene rings is 2. The lowest BCUT2D eigenvalue weighted by Crippen LogP contribution is -2.34. The second kappa shape index (κ2) is 11.6. The van der Waals surface area contributed by atoms with Crippen molar-refractivity contribution in [2.24, 2.45) is 0 Å². The first-order valence-corrected chi connectivity index (χ1v) is 10.8. The molecule has 0 atom stereocenters. The summed E-state index contributed by atoms with van der Waals surface area (Å²) in [7, 11) is 0. The number of carboxylic acid groups (broad SMARTS) is 4. The molecule has 0 saturated carbocycles. The van der Waals surface area contributed by atoms with Gasteiger partial charge in [-0.2, -0.15) is 0 Å². The summed E-state index contributed by atoms with van der Waals surface area (Å²) in [6.45, 7) is -2.46. The minimum atomic E-state index is -1.31. The van der Waals surface area contributed by atoms with E-state index in [0.717, 1.165) is 11.0 Å². The summed E-state index contributed by atoms with van der Waals surface area (Å²) in [5.41, 5.74) is 1.39. The van der Waals surface area contributed by atoms with Crippen LogP contribution in [0.2, 0.25) is 0 Å². The largest absolute Gasteiger partial charge is 0.480 e. The number of hydrogen-bond donors (Lipinski definition) is 4. The van der Waals surface area contributed by atoms with Crippen LogP contribution in [0.15, 0.2) is 48.5 Å². The molecule has 12 heteroatoms. The van der Waals surface area contributed by atoms with Crippen molar-refractivity contribution in [1.82, 2.24) is 4.98 Å². The fourth-order valence-corrected chi connectivity index (χ4v) is 3.73. The molecule has 2 aromatic carbocycles. The van der Waals surface area contributed by atoms with Gasteiger partial charge in [-0.25, -0.2) is 9.37 Å². The van der Waals surface area contributed by atoms with Crippen LogP contribution in [0.1, 0.15) is 11.3 Å². The van der Waals surface area contributed by atoms with Gasteiger partial charge in [-0.3, -0.25) is 19.2 Å². The number of nitrogens with zero attached hydrogens (tertiary/aromatic N) is 3. The molecule has 192 valence electrons. The Labute approximate surface area is 209 Å². The van der Waals surface area contributed by atoms with E-state index in [1.165, 1.54) is 11.0 Å². The number of carboxylic acids is 4. The summed E-state index contributed by atoms with van der Waals surface area (Å²) >= 11 is 0. The normalized spacial score (nSPS) is 10.9. The van der Waals surface area contributed by atoms with Crippen molar-refractivity contribution in [2.45, 2.75) is 0 Å². The van der Waals surface area contributed by atoms with Gasteiger partial charge in [-0.05, 0) is 35.9 Å². The van der Waals surface area contributed by atoms with Gasteiger partial charge in [0.1, 0.15) is 32.0 Å². The fraction of sp³-hybridized carbons (Fsp3) is 0.160. The van der Waals surface area contributed by atoms with E-state index in [1.807, 2.05) is 0 Å². The van der Waals surface area contributed by atoms with E-state index in [4.69, 9.17) is 0 Å². The Balaban J connectivity index is 2.05. The fourth-order valence-electron chi connectivity index (χ4n) is 3.73. The van der Waals surface area contributed by atoms with Crippen LogP contribution in [0.5, 0.6) is 0 Å². The molecule has 1 heterocycles. The van der Waals surface area contributed by atoms with Crippen LogP contribution in [0.4, 0.5) is 15.8 Å². The lowest BCUT2D eigenvalue weighted by atomic mass is 10.1. The maximum absolute atomic E-state index is 14.3. The third-order valence-electron chi connectivity index (χ3n) is 5.11. The van der Waals surface area contributed by atoms with Gasteiger partial charge in [0.25, 0.3) is 0 Å². The van der Waals surface area contributed by atoms with Gasteiger partial charge in [0.05, 0.1) is 16.9 Å². The first kappa shape index (κ1) is 26.6. The van der Waals surface area contributed by atoms with Crippen molar-refractivity contribution in [2.75, 3.05) is 36.0 Å². The monoisotopic (exact) mass is 511 g/mol. The number of fused-ring (bicyclic) bond motifs is 1. The topological polar surface area (TPSA) is 169 Å². The van der Waals surface area contributed by atoms with E-state index >= 15 is 0 Å². The lowest BCUT2D eigenvalue weighted by Gasteiger charge is -2.22. The number of rotatable bonds is 12. The molecule has 0 amide bonds. The van der Waals surface area contributed by atoms with Crippen molar-refractivity contribution >= 4 is 58.3 Å². The van der Waals surface area contributed by atoms with E-state index in [2.05, 4.69) is 4.98 Å². The van der Waals surface area contributed by atoms with E-state index < -0.39 is 55.9 Å². The Morgan fingerprint density at radius 2 is 1.27 bits per heavy atom. The Bertz CT molecular complexity index is 1360. The van der Waals surface area contributed by atoms with E-state index in [9.17, 15) is 44.0 Å². The highest BCUT2D eigenvalue weighted by molar-refractivity contribution is 5.95. The highest BCUT2D eigenvalue weighted by Gasteiger charge is 2.19. The molecule has 11 nitrogen and oxygen atoms in total. The van der Waals surface area contributed by atoms with E-state index in [0.29, 0.717) is 22.3 Å². The van der Waals surface area contributed by atoms with E-state index in [-0.39, 0.29) is 11.2 Å². The van der Waals surface area contributed by atoms with Crippen molar-refractivity contribution in [3.05, 3.63) is 65.6 Å². The Kier molecular flexibility index (Phi) is 8.35. The molecule has 0 spiro atoms. The molecule has 3 aromatic rings. The Morgan fingerprint density at radius 3 is 1.84 bits per heavy atom. The zero-order valence-corrected chi connectivity index (χ0v) is 19.2. The number of pyridine rings is 1. The molecule has 4 N–H and O–H groups in total. The van der Waals surface area contributed by atoms with Crippen LogP contribution in [0.3, 0.4) is 0 Å². The van der Waals surface area contributed by atoms with Gasteiger partial charge in [0.2, 0.25) is 0 Å². The summed E-state index contributed by atoms with van der Waals surface area (Å²) in [6, 6.07) is 11.9. The number of hydrogen-bond acceptors (Lipinski definition) is 7. The van der Waals surface area contributed by atoms with Crippen LogP contribution >= 0.6 is 0 Å². The lowest BCUT2D eigenvalue weighted by molar-refractivity contribution is -0.138. The number of aromatic nitrogens is 1. The van der Waals surface area contributed by atoms with Crippen LogP contribution in [0, 0.1) is 5.82 Å². The quantitative estimate of drug-likeness (QED) is 0.282. The molecule has 1 aromatic heterocycles. The zero-order valence-electron chi connectivity index (χ0n) is 19.2. The minimum Gasteiger partial charge on any atom is -0.480 e. The summed E-state index contributed by atoms with van der Waals surface area (Å²) in [4.78, 5) is 51.7. The maximum Gasteiger partial charge on any atom is 0.323 e. The van der Waals surface area contributed by atoms with Gasteiger partial charge in [0, 0.05) is 11.1 Å². The molecule has 0 aliphatic carbocycles. The van der Waals surface area contributed by atoms with Gasteiger partial charge in [0.15, 0.2) is 0 Å². The smallest absolute Gasteiger partial charge is 0.323 e. The SMILES string of the molecule is O=C(O)CN(CC(=O)O)c1ccccc1/C=C/c1ccc2cc(F)cc(N(CC(=O)O)CC(=O)O)c2n1. The first-order chi connectivity index (χ1) is 17.5. The van der Waals surface area contributed by atoms with Crippen LogP contribution in [-0.4, -0.2) is 75.5 Å². The average Bonchev–Trinajstić information content (AvgIpc) is 2.80. The van der Waals surface area contributed by atoms with Crippen molar-refractivity contribution in [3.8, 4) is 0 Å². The van der Waals surface area contributed by atoms with Crippen molar-refractivity contribution in [1.29, 1.82) is 0 Å². The highest BCUT2D eigenvalue weighted by Crippen LogP contribution is 2.28. The number of carbonyl (C=O) groups is 4. The number of aliphatic carboxylic acids is 4. The third kappa shape index (κ3) is 7.24. The molecular weight excluding hydrogens is 489 g/mol. The van der Waals surface area contributed by atoms with Crippen LogP contribution < -0.4 is 9.80 Å². The predicted octanol–water partition coefficient (Wildman–Crippen LogP) is 2.50. The molecule has 0 saturated heterocycles. The highest BCUT2D eigenvalue weighted by atomic mass is 19.1. The molecule has 0 aliphatic rings. The number of anilines is 2. The van der Waals surface area contributed by atoms with Crippen molar-refractivity contribution in [3.63, 3.8) is 0 Å². The second-order valence-corrected chi connectivity index (χ2v) is 7.91. The minimum absolute atomic E-state index is 0.00968. The maximum atomic E-state index is 14.3. The second-order valence-electron chi connectivity index (χ2n) is 7.91. The molecule has 0 unspecified atom stereocenters. The molecule has 0 fully saturated rings. The summed E-state index contributed by atoms with van der Waals surface area (Å²) in [6.07, 6.45) is 3.15. The molecule has 0 radical (unpaired) electrons. The van der Waals surface area contributed by atoms with Crippen LogP contribution in [-0.2, 0) is 19.2 Å². The van der Waals surface area contributed by atoms with Gasteiger partial charge < -0.3 is 30.2 Å². The van der Waals surface area contributed by atoms with Crippen molar-refractivity contribution < 1.29 is 44.0 Å². The molecule has 0 aliphatic heterocycles. The Hall–Kier alpha value is -5.00. The summed E-state index contributed by atoms with van der Waals surface area (Å²) in [5, 5.41) is 37.1. The first-order valence-electron chi connectivity index (χ1n) is 10.8. The zero-order chi connectivity index (χ0) is 27.1. The molecule has 37 heavy (non-hydrogen) atoms. The van der Waals surface area contributed by atoms with Crippen LogP contribution in [0.25, 0.3) is 23.1 Å². The molecule has 3 rings (SSSR count). The summed E-state index contributed by atoms with van der Waals surface area (Å²) in [5.74, 6) is -5.72. The average molecular weight is 511 g/mol. The third-order valence-corrected chi connectivity index (χ3v) is 5.11. The molecular formula is C25H22FN3O8. The standard InChI is InChI=1S/C25H22FN3O8/c26-17-9-16-6-8-18(27-25(16)20(10-17)29(13-23(34)35)14-24(36)37)7-5-15-3-1-2-4-19(15)28(11-21(30)31)12-22(32)33/h1-10H,11-14H2,(H,30,31)(H,32,33)(H,34,35)(H,36,37)/b7-5+. The van der Waals surface area contributed by atoms with Gasteiger partial charge in [-0.15, -0.1) is 0 Å². The van der Waals surface area contributed by atoms with Gasteiger partial charge >= 0.3 is 23.9 Å². The number of halogens is 1. The number of para-hydroxylation sites is 1. The van der Waals surface area contributed by atoms with Gasteiger partial charge in [-0.1, -0.05) is 30.3 Å². The Morgan fingerprint density at radius 1 is 0.730 bits per heavy atom. The summed E-state index contributed by atoms with van der Waals surface area (Å²) < 4.78 is 14.3. The molecule has 0 bridgehead atoms. The van der Waals surface area contributed by atoms with E-state index in [1.54, 1.807) is 48.6 Å².